The molecular formula is C16H23NO3S. The van der Waals surface area contributed by atoms with E-state index in [9.17, 15) is 9.90 Å². The van der Waals surface area contributed by atoms with Crippen molar-refractivity contribution in [1.29, 1.82) is 0 Å². The number of nitrogens with zero attached hydrogens (tertiary/aromatic N) is 1. The van der Waals surface area contributed by atoms with Gasteiger partial charge in [0.15, 0.2) is 0 Å². The number of amides is 1. The summed E-state index contributed by atoms with van der Waals surface area (Å²) in [6.45, 7) is 5.52. The number of hydrogen-bond donors (Lipinski definition) is 1. The van der Waals surface area contributed by atoms with Crippen LogP contribution in [0, 0.1) is 0 Å². The molecule has 116 valence electrons. The van der Waals surface area contributed by atoms with Gasteiger partial charge in [-0.1, -0.05) is 30.3 Å². The van der Waals surface area contributed by atoms with Crippen molar-refractivity contribution in [2.75, 3.05) is 18.1 Å². The molecule has 0 radical (unpaired) electrons. The summed E-state index contributed by atoms with van der Waals surface area (Å²) in [6.07, 6.45) is -0.351. The van der Waals surface area contributed by atoms with Gasteiger partial charge in [-0.25, -0.2) is 4.79 Å². The minimum Gasteiger partial charge on any atom is -0.444 e. The largest absolute Gasteiger partial charge is 0.444 e. The summed E-state index contributed by atoms with van der Waals surface area (Å²) in [6, 6.07) is 9.66. The van der Waals surface area contributed by atoms with E-state index in [1.54, 1.807) is 16.7 Å². The first-order valence-corrected chi connectivity index (χ1v) is 8.32. The number of thioether (sulfide) groups is 1. The van der Waals surface area contributed by atoms with E-state index in [-0.39, 0.29) is 24.8 Å². The monoisotopic (exact) mass is 309 g/mol. The third-order valence-corrected chi connectivity index (χ3v) is 4.49. The molecule has 1 heterocycles. The van der Waals surface area contributed by atoms with Gasteiger partial charge in [-0.15, -0.1) is 0 Å². The molecule has 1 aliphatic heterocycles. The molecule has 1 N–H and O–H groups in total. The Morgan fingerprint density at radius 3 is 2.57 bits per heavy atom. The van der Waals surface area contributed by atoms with Crippen LogP contribution in [0.25, 0.3) is 0 Å². The molecule has 4 nitrogen and oxygen atoms in total. The molecular weight excluding hydrogens is 286 g/mol. The van der Waals surface area contributed by atoms with Crippen molar-refractivity contribution in [3.05, 3.63) is 35.9 Å². The van der Waals surface area contributed by atoms with E-state index in [4.69, 9.17) is 4.74 Å². The van der Waals surface area contributed by atoms with Crippen LogP contribution in [0.2, 0.25) is 0 Å². The van der Waals surface area contributed by atoms with Crippen LogP contribution in [0.15, 0.2) is 30.3 Å². The summed E-state index contributed by atoms with van der Waals surface area (Å²) < 4.78 is 5.53. The molecule has 21 heavy (non-hydrogen) atoms. The van der Waals surface area contributed by atoms with Gasteiger partial charge in [-0.2, -0.15) is 11.8 Å². The Kier molecular flexibility index (Phi) is 5.17. The zero-order valence-corrected chi connectivity index (χ0v) is 13.6. The molecule has 1 aromatic rings. The molecule has 1 saturated heterocycles. The van der Waals surface area contributed by atoms with Gasteiger partial charge >= 0.3 is 6.09 Å². The number of benzene rings is 1. The van der Waals surface area contributed by atoms with Crippen molar-refractivity contribution in [1.82, 2.24) is 4.90 Å². The SMILES string of the molecule is CC(C)(C)OC(=O)N1C(CO)CSCC1c1ccccc1. The number of hydrogen-bond acceptors (Lipinski definition) is 4. The Morgan fingerprint density at radius 2 is 2.00 bits per heavy atom. The summed E-state index contributed by atoms with van der Waals surface area (Å²) in [4.78, 5) is 14.3. The predicted octanol–water partition coefficient (Wildman–Crippen LogP) is 3.07. The second-order valence-corrected chi connectivity index (χ2v) is 7.26. The molecule has 0 bridgehead atoms. The van der Waals surface area contributed by atoms with E-state index in [0.29, 0.717) is 0 Å². The van der Waals surface area contributed by atoms with Crippen LogP contribution in [0.4, 0.5) is 4.79 Å². The molecule has 1 aliphatic rings. The standard InChI is InChI=1S/C16H23NO3S/c1-16(2,3)20-15(19)17-13(9-18)10-21-11-14(17)12-7-5-4-6-8-12/h4-8,13-14,18H,9-11H2,1-3H3. The second kappa shape index (κ2) is 6.71. The molecule has 2 unspecified atom stereocenters. The number of ether oxygens (including phenoxy) is 1. The zero-order valence-electron chi connectivity index (χ0n) is 12.8. The second-order valence-electron chi connectivity index (χ2n) is 6.19. The molecule has 0 spiro atoms. The van der Waals surface area contributed by atoms with E-state index in [0.717, 1.165) is 17.1 Å². The number of carbonyl (C=O) groups excluding carboxylic acids is 1. The van der Waals surface area contributed by atoms with Gasteiger partial charge in [0.2, 0.25) is 0 Å². The molecule has 0 aromatic heterocycles. The lowest BCUT2D eigenvalue weighted by molar-refractivity contribution is 0.00110. The average molecular weight is 309 g/mol. The van der Waals surface area contributed by atoms with Crippen LogP contribution in [0.3, 0.4) is 0 Å². The van der Waals surface area contributed by atoms with Crippen LogP contribution < -0.4 is 0 Å². The number of rotatable bonds is 2. The molecule has 2 atom stereocenters. The molecule has 5 heteroatoms. The van der Waals surface area contributed by atoms with Crippen molar-refractivity contribution in [2.24, 2.45) is 0 Å². The quantitative estimate of drug-likeness (QED) is 0.912. The highest BCUT2D eigenvalue weighted by molar-refractivity contribution is 7.99. The van der Waals surface area contributed by atoms with Crippen molar-refractivity contribution in [3.8, 4) is 0 Å². The first-order chi connectivity index (χ1) is 9.92. The summed E-state index contributed by atoms with van der Waals surface area (Å²) in [5, 5.41) is 9.61. The van der Waals surface area contributed by atoms with Crippen LogP contribution in [0.5, 0.6) is 0 Å². The zero-order chi connectivity index (χ0) is 15.5. The van der Waals surface area contributed by atoms with Gasteiger partial charge < -0.3 is 9.84 Å². The van der Waals surface area contributed by atoms with Crippen molar-refractivity contribution in [3.63, 3.8) is 0 Å². The van der Waals surface area contributed by atoms with Gasteiger partial charge in [0, 0.05) is 11.5 Å². The number of carbonyl (C=O) groups is 1. The third kappa shape index (κ3) is 4.14. The summed E-state index contributed by atoms with van der Waals surface area (Å²) in [5.74, 6) is 1.55. The van der Waals surface area contributed by atoms with Crippen LogP contribution in [0.1, 0.15) is 32.4 Å². The molecule has 2 rings (SSSR count). The summed E-state index contributed by atoms with van der Waals surface area (Å²) >= 11 is 1.76. The van der Waals surface area contributed by atoms with Crippen molar-refractivity contribution >= 4 is 17.9 Å². The lowest BCUT2D eigenvalue weighted by atomic mass is 10.1. The van der Waals surface area contributed by atoms with Crippen molar-refractivity contribution in [2.45, 2.75) is 38.5 Å². The van der Waals surface area contributed by atoms with E-state index >= 15 is 0 Å². The van der Waals surface area contributed by atoms with Crippen LogP contribution in [-0.2, 0) is 4.74 Å². The first kappa shape index (κ1) is 16.2. The van der Waals surface area contributed by atoms with Gasteiger partial charge in [-0.05, 0) is 26.3 Å². The highest BCUT2D eigenvalue weighted by Gasteiger charge is 2.37. The van der Waals surface area contributed by atoms with Gasteiger partial charge in [0.05, 0.1) is 18.7 Å². The Balaban J connectivity index is 2.26. The van der Waals surface area contributed by atoms with Crippen LogP contribution >= 0.6 is 11.8 Å². The molecule has 1 aromatic carbocycles. The van der Waals surface area contributed by atoms with Crippen molar-refractivity contribution < 1.29 is 14.6 Å². The third-order valence-electron chi connectivity index (χ3n) is 3.31. The van der Waals surface area contributed by atoms with E-state index in [2.05, 4.69) is 0 Å². The first-order valence-electron chi connectivity index (χ1n) is 7.17. The number of aliphatic hydroxyl groups is 1. The highest BCUT2D eigenvalue weighted by atomic mass is 32.2. The van der Waals surface area contributed by atoms with Gasteiger partial charge in [0.1, 0.15) is 5.60 Å². The summed E-state index contributed by atoms with van der Waals surface area (Å²) in [7, 11) is 0. The van der Waals surface area contributed by atoms with E-state index < -0.39 is 5.60 Å². The highest BCUT2D eigenvalue weighted by Crippen LogP contribution is 2.34. The minimum atomic E-state index is -0.539. The van der Waals surface area contributed by atoms with Gasteiger partial charge in [0.25, 0.3) is 0 Å². The fraction of sp³-hybridized carbons (Fsp3) is 0.562. The maximum absolute atomic E-state index is 12.6. The minimum absolute atomic E-state index is 0.0461. The van der Waals surface area contributed by atoms with E-state index in [1.165, 1.54) is 0 Å². The Labute approximate surface area is 130 Å². The molecule has 1 fully saturated rings. The fourth-order valence-corrected chi connectivity index (χ4v) is 3.64. The molecule has 1 amide bonds. The lowest BCUT2D eigenvalue weighted by Crippen LogP contribution is -2.51. The molecule has 0 saturated carbocycles. The maximum Gasteiger partial charge on any atom is 0.411 e. The Hall–Kier alpha value is -1.20. The Bertz CT molecular complexity index is 472. The number of aliphatic hydroxyl groups excluding tert-OH is 1. The predicted molar refractivity (Wildman–Crippen MR) is 85.5 cm³/mol. The fourth-order valence-electron chi connectivity index (χ4n) is 2.39. The lowest BCUT2D eigenvalue weighted by Gasteiger charge is -2.41. The Morgan fingerprint density at radius 1 is 1.33 bits per heavy atom. The average Bonchev–Trinajstić information content (AvgIpc) is 2.45. The maximum atomic E-state index is 12.6. The van der Waals surface area contributed by atoms with Crippen LogP contribution in [-0.4, -0.2) is 45.9 Å². The van der Waals surface area contributed by atoms with E-state index in [1.807, 2.05) is 51.1 Å². The van der Waals surface area contributed by atoms with Gasteiger partial charge in [-0.3, -0.25) is 4.90 Å². The summed E-state index contributed by atoms with van der Waals surface area (Å²) in [5.41, 5.74) is 0.539. The topological polar surface area (TPSA) is 49.8 Å². The molecule has 0 aliphatic carbocycles. The smallest absolute Gasteiger partial charge is 0.411 e. The normalized spacial score (nSPS) is 23.0.